The molecule has 4 rings (SSSR count). The Kier molecular flexibility index (Phi) is 8.55. The number of anilines is 1. The van der Waals surface area contributed by atoms with Gasteiger partial charge in [-0.3, -0.25) is 9.59 Å². The first-order chi connectivity index (χ1) is 19.1. The zero-order valence-corrected chi connectivity index (χ0v) is 22.7. The molecule has 0 unspecified atom stereocenters. The van der Waals surface area contributed by atoms with Gasteiger partial charge in [0.05, 0.1) is 24.3 Å². The Hall–Kier alpha value is -3.03. The van der Waals surface area contributed by atoms with Gasteiger partial charge in [-0.15, -0.1) is 0 Å². The van der Waals surface area contributed by atoms with E-state index < -0.39 is 53.5 Å². The molecule has 3 fully saturated rings. The van der Waals surface area contributed by atoms with Crippen LogP contribution in [-0.4, -0.2) is 84.2 Å². The highest BCUT2D eigenvalue weighted by Crippen LogP contribution is 2.53. The van der Waals surface area contributed by atoms with Gasteiger partial charge in [0, 0.05) is 50.7 Å². The quantitative estimate of drug-likeness (QED) is 0.398. The third-order valence-corrected chi connectivity index (χ3v) is 8.53. The van der Waals surface area contributed by atoms with Gasteiger partial charge in [0.15, 0.2) is 0 Å². The number of rotatable bonds is 6. The fraction of sp³-hybridized carbons (Fsp3) is 0.667. The summed E-state index contributed by atoms with van der Waals surface area (Å²) in [6.07, 6.45) is -8.93. The number of amides is 2. The summed E-state index contributed by atoms with van der Waals surface area (Å²) >= 11 is 0. The van der Waals surface area contributed by atoms with Crippen LogP contribution in [0.15, 0.2) is 18.2 Å². The van der Waals surface area contributed by atoms with Crippen LogP contribution >= 0.6 is 0 Å². The highest BCUT2D eigenvalue weighted by Gasteiger charge is 2.52. The van der Waals surface area contributed by atoms with Gasteiger partial charge in [0.2, 0.25) is 11.8 Å². The van der Waals surface area contributed by atoms with Crippen LogP contribution in [0.5, 0.6) is 0 Å². The molecule has 2 aliphatic heterocycles. The summed E-state index contributed by atoms with van der Waals surface area (Å²) in [5.74, 6) is -1.56. The second-order valence-corrected chi connectivity index (χ2v) is 11.1. The summed E-state index contributed by atoms with van der Waals surface area (Å²) in [4.78, 5) is 42.9. The lowest BCUT2D eigenvalue weighted by atomic mass is 9.90. The molecule has 2 heterocycles. The molecular formula is C27H33F6N3O5. The fourth-order valence-electron chi connectivity index (χ4n) is 5.89. The molecule has 1 aromatic rings. The SMILES string of the molecule is COC(=O)[C@H](CCC(=O)N1CCC2(CC2)[C@H](O)C1)N1C[C@H](C)N(c2ccc(C(F)(F)F)c(C(F)(F)F)c2)CCC1=O. The highest BCUT2D eigenvalue weighted by molar-refractivity contribution is 5.86. The van der Waals surface area contributed by atoms with Gasteiger partial charge < -0.3 is 24.5 Å². The first kappa shape index (κ1) is 30.9. The maximum Gasteiger partial charge on any atom is 0.417 e. The van der Waals surface area contributed by atoms with E-state index in [4.69, 9.17) is 4.74 Å². The number of carbonyl (C=O) groups excluding carboxylic acids is 3. The van der Waals surface area contributed by atoms with Crippen molar-refractivity contribution >= 4 is 23.5 Å². The molecule has 1 N–H and O–H groups in total. The van der Waals surface area contributed by atoms with Crippen LogP contribution in [0.3, 0.4) is 0 Å². The fourth-order valence-corrected chi connectivity index (χ4v) is 5.89. The van der Waals surface area contributed by atoms with Crippen LogP contribution in [0.25, 0.3) is 0 Å². The predicted molar refractivity (Wildman–Crippen MR) is 133 cm³/mol. The zero-order valence-electron chi connectivity index (χ0n) is 22.7. The van der Waals surface area contributed by atoms with E-state index >= 15 is 0 Å². The molecule has 2 amide bonds. The average molecular weight is 594 g/mol. The normalized spacial score (nSPS) is 23.8. The Morgan fingerprint density at radius 2 is 1.71 bits per heavy atom. The minimum absolute atomic E-state index is 0.0692. The molecule has 1 saturated carbocycles. The number of aliphatic hydroxyl groups excluding tert-OH is 1. The highest BCUT2D eigenvalue weighted by atomic mass is 19.4. The van der Waals surface area contributed by atoms with Gasteiger partial charge in [-0.05, 0) is 56.2 Å². The largest absolute Gasteiger partial charge is 0.467 e. The number of likely N-dealkylation sites (tertiary alicyclic amines) is 1. The maximum atomic E-state index is 13.5. The number of β-amino-alcohol motifs (C(OH)–C–C–N with tert-alkyl or cyclic N) is 1. The van der Waals surface area contributed by atoms with Gasteiger partial charge in [-0.1, -0.05) is 0 Å². The number of esters is 1. The number of alkyl halides is 6. The smallest absolute Gasteiger partial charge is 0.417 e. The number of methoxy groups -OCH3 is 1. The molecule has 1 aliphatic carbocycles. The van der Waals surface area contributed by atoms with E-state index in [9.17, 15) is 45.8 Å². The van der Waals surface area contributed by atoms with Crippen molar-refractivity contribution in [3.63, 3.8) is 0 Å². The minimum Gasteiger partial charge on any atom is -0.467 e. The maximum absolute atomic E-state index is 13.5. The third-order valence-electron chi connectivity index (χ3n) is 8.53. The lowest BCUT2D eigenvalue weighted by Gasteiger charge is -2.37. The van der Waals surface area contributed by atoms with Crippen molar-refractivity contribution in [3.8, 4) is 0 Å². The van der Waals surface area contributed by atoms with Crippen LogP contribution in [-0.2, 0) is 31.5 Å². The number of hydrogen-bond acceptors (Lipinski definition) is 6. The summed E-state index contributed by atoms with van der Waals surface area (Å²) in [5.41, 5.74) is -3.88. The van der Waals surface area contributed by atoms with Crippen LogP contribution in [0.4, 0.5) is 32.0 Å². The number of ether oxygens (including phenoxy) is 1. The Balaban J connectivity index is 1.49. The summed E-state index contributed by atoms with van der Waals surface area (Å²) in [5, 5.41) is 10.4. The molecule has 1 aromatic carbocycles. The lowest BCUT2D eigenvalue weighted by Crippen LogP contribution is -2.50. The monoisotopic (exact) mass is 593 g/mol. The van der Waals surface area contributed by atoms with E-state index in [0.717, 1.165) is 26.0 Å². The number of hydrogen-bond donors (Lipinski definition) is 1. The van der Waals surface area contributed by atoms with E-state index in [1.165, 1.54) is 9.80 Å². The molecule has 41 heavy (non-hydrogen) atoms. The van der Waals surface area contributed by atoms with Gasteiger partial charge in [0.1, 0.15) is 6.04 Å². The van der Waals surface area contributed by atoms with Crippen molar-refractivity contribution in [1.29, 1.82) is 0 Å². The molecule has 3 aliphatic rings. The van der Waals surface area contributed by atoms with Crippen LogP contribution in [0.1, 0.15) is 56.6 Å². The van der Waals surface area contributed by atoms with Crippen molar-refractivity contribution in [2.24, 2.45) is 5.41 Å². The van der Waals surface area contributed by atoms with Gasteiger partial charge in [-0.25, -0.2) is 4.79 Å². The van der Waals surface area contributed by atoms with E-state index in [-0.39, 0.29) is 55.9 Å². The van der Waals surface area contributed by atoms with Crippen molar-refractivity contribution in [2.75, 3.05) is 38.2 Å². The summed E-state index contributed by atoms with van der Waals surface area (Å²) in [6.45, 7) is 2.03. The second kappa shape index (κ2) is 11.3. The molecule has 0 aromatic heterocycles. The second-order valence-electron chi connectivity index (χ2n) is 11.1. The third kappa shape index (κ3) is 6.57. The number of nitrogens with zero attached hydrogens (tertiary/aromatic N) is 3. The Labute approximate surface area is 233 Å². The van der Waals surface area contributed by atoms with Crippen LogP contribution in [0, 0.1) is 5.41 Å². The van der Waals surface area contributed by atoms with Crippen molar-refractivity contribution < 1.29 is 50.6 Å². The summed E-state index contributed by atoms with van der Waals surface area (Å²) in [6, 6.07) is -0.102. The van der Waals surface area contributed by atoms with E-state index in [1.807, 2.05) is 0 Å². The molecular weight excluding hydrogens is 560 g/mol. The molecule has 2 saturated heterocycles. The van der Waals surface area contributed by atoms with Crippen LogP contribution in [0.2, 0.25) is 0 Å². The predicted octanol–water partition coefficient (Wildman–Crippen LogP) is 3.85. The van der Waals surface area contributed by atoms with Gasteiger partial charge in [-0.2, -0.15) is 26.3 Å². The van der Waals surface area contributed by atoms with Crippen molar-refractivity contribution in [2.45, 2.75) is 76.0 Å². The molecule has 0 bridgehead atoms. The molecule has 14 heteroatoms. The zero-order chi connectivity index (χ0) is 30.3. The Morgan fingerprint density at radius 3 is 2.27 bits per heavy atom. The number of benzene rings is 1. The molecule has 228 valence electrons. The molecule has 8 nitrogen and oxygen atoms in total. The standard InChI is InChI=1S/C27H33F6N3O5/c1-16-14-36(20(24(40)41-2)5-6-22(38)34-12-10-25(8-9-25)21(37)15-34)23(39)7-11-35(16)17-3-4-18(26(28,29)30)19(13-17)27(31,32)33/h3-4,13,16,20-21,37H,5-12,14-15H2,1-2H3/t16-,20-,21+/m0/s1. The lowest BCUT2D eigenvalue weighted by molar-refractivity contribution is -0.162. The number of halogens is 6. The Bertz CT molecular complexity index is 1170. The van der Waals surface area contributed by atoms with Crippen molar-refractivity contribution in [1.82, 2.24) is 9.80 Å². The van der Waals surface area contributed by atoms with Crippen molar-refractivity contribution in [3.05, 3.63) is 29.3 Å². The molecule has 3 atom stereocenters. The van der Waals surface area contributed by atoms with E-state index in [2.05, 4.69) is 0 Å². The molecule has 0 radical (unpaired) electrons. The first-order valence-corrected chi connectivity index (χ1v) is 13.5. The van der Waals surface area contributed by atoms with Gasteiger partial charge in [0.25, 0.3) is 0 Å². The summed E-state index contributed by atoms with van der Waals surface area (Å²) in [7, 11) is 1.13. The minimum atomic E-state index is -5.26. The van der Waals surface area contributed by atoms with E-state index in [0.29, 0.717) is 25.1 Å². The molecule has 1 spiro atoms. The summed E-state index contributed by atoms with van der Waals surface area (Å²) < 4.78 is 85.2. The van der Waals surface area contributed by atoms with E-state index in [1.54, 1.807) is 11.8 Å². The Morgan fingerprint density at radius 1 is 1.05 bits per heavy atom. The average Bonchev–Trinajstić information content (AvgIpc) is 3.70. The van der Waals surface area contributed by atoms with Gasteiger partial charge >= 0.3 is 18.3 Å². The van der Waals surface area contributed by atoms with Crippen LogP contribution < -0.4 is 4.90 Å². The first-order valence-electron chi connectivity index (χ1n) is 13.5. The number of aliphatic hydroxyl groups is 1. The number of carbonyl (C=O) groups is 3. The topological polar surface area (TPSA) is 90.4 Å². The number of piperidine rings is 1.